The molecule has 0 aliphatic heterocycles. The number of fused-ring (bicyclic) bond motifs is 12. The maximum absolute atomic E-state index is 2.49. The quantitative estimate of drug-likeness (QED) is 0.183. The molecule has 7 aromatic rings. The van der Waals surface area contributed by atoms with Crippen LogP contribution < -0.4 is 4.90 Å². The summed E-state index contributed by atoms with van der Waals surface area (Å²) in [5.41, 5.74) is 13.8. The predicted molar refractivity (Wildman–Crippen MR) is 198 cm³/mol. The van der Waals surface area contributed by atoms with Crippen molar-refractivity contribution in [2.45, 2.75) is 11.8 Å². The number of benzene rings is 7. The fourth-order valence-corrected chi connectivity index (χ4v) is 8.60. The molecule has 0 heterocycles. The zero-order valence-electron chi connectivity index (χ0n) is 25.9. The lowest BCUT2D eigenvalue weighted by molar-refractivity contribution is 0.786. The van der Waals surface area contributed by atoms with Gasteiger partial charge in [-0.2, -0.15) is 0 Å². The van der Waals surface area contributed by atoms with Gasteiger partial charge in [0.2, 0.25) is 0 Å². The molecule has 1 nitrogen and oxygen atoms in total. The fourth-order valence-electron chi connectivity index (χ4n) is 8.60. The molecular formula is C46H31N. The van der Waals surface area contributed by atoms with E-state index >= 15 is 0 Å². The second-order valence-corrected chi connectivity index (χ2v) is 12.8. The van der Waals surface area contributed by atoms with E-state index in [0.29, 0.717) is 0 Å². The summed E-state index contributed by atoms with van der Waals surface area (Å²) in [6, 6.07) is 56.1. The van der Waals surface area contributed by atoms with E-state index in [9.17, 15) is 0 Å². The van der Waals surface area contributed by atoms with Gasteiger partial charge in [-0.3, -0.25) is 0 Å². The van der Waals surface area contributed by atoms with Gasteiger partial charge in [0, 0.05) is 16.8 Å². The average Bonchev–Trinajstić information content (AvgIpc) is 3.43. The Balaban J connectivity index is 1.30. The van der Waals surface area contributed by atoms with Crippen molar-refractivity contribution >= 4 is 44.2 Å². The van der Waals surface area contributed by atoms with Crippen LogP contribution in [0.2, 0.25) is 0 Å². The number of anilines is 3. The molecule has 0 amide bonds. The maximum Gasteiger partial charge on any atom is 0.0726 e. The predicted octanol–water partition coefficient (Wildman–Crippen LogP) is 12.1. The summed E-state index contributed by atoms with van der Waals surface area (Å²) in [5.74, 6) is 0. The van der Waals surface area contributed by atoms with Crippen molar-refractivity contribution in [2.24, 2.45) is 0 Å². The molecule has 7 aromatic carbocycles. The van der Waals surface area contributed by atoms with Crippen LogP contribution in [0.5, 0.6) is 0 Å². The lowest BCUT2D eigenvalue weighted by atomic mass is 9.69. The monoisotopic (exact) mass is 597 g/mol. The minimum absolute atomic E-state index is 0.396. The molecule has 0 fully saturated rings. The highest BCUT2D eigenvalue weighted by Crippen LogP contribution is 2.63. The van der Waals surface area contributed by atoms with Gasteiger partial charge in [-0.1, -0.05) is 146 Å². The summed E-state index contributed by atoms with van der Waals surface area (Å²) >= 11 is 0. The summed E-state index contributed by atoms with van der Waals surface area (Å²) in [5, 5.41) is 5.02. The highest BCUT2D eigenvalue weighted by molar-refractivity contribution is 6.15. The first-order valence-corrected chi connectivity index (χ1v) is 16.5. The molecule has 0 N–H and O–H groups in total. The number of hydrogen-bond acceptors (Lipinski definition) is 1. The Morgan fingerprint density at radius 3 is 2.04 bits per heavy atom. The minimum atomic E-state index is -0.396. The van der Waals surface area contributed by atoms with Crippen LogP contribution in [0, 0.1) is 0 Å². The van der Waals surface area contributed by atoms with Crippen LogP contribution in [-0.2, 0) is 5.41 Å². The molecule has 1 heteroatoms. The molecule has 3 aliphatic rings. The molecule has 1 unspecified atom stereocenters. The van der Waals surface area contributed by atoms with Gasteiger partial charge in [0.05, 0.1) is 11.1 Å². The lowest BCUT2D eigenvalue weighted by Crippen LogP contribution is -2.27. The Labute approximate surface area is 275 Å². The van der Waals surface area contributed by atoms with Gasteiger partial charge in [0.25, 0.3) is 0 Å². The third-order valence-corrected chi connectivity index (χ3v) is 10.4. The summed E-state index contributed by atoms with van der Waals surface area (Å²) < 4.78 is 0. The Morgan fingerprint density at radius 2 is 1.15 bits per heavy atom. The topological polar surface area (TPSA) is 3.24 Å². The third-order valence-electron chi connectivity index (χ3n) is 10.4. The zero-order valence-corrected chi connectivity index (χ0v) is 25.9. The summed E-state index contributed by atoms with van der Waals surface area (Å²) in [6.07, 6.45) is 10.3. The number of para-hydroxylation sites is 1. The van der Waals surface area contributed by atoms with Crippen LogP contribution in [0.15, 0.2) is 182 Å². The van der Waals surface area contributed by atoms with Crippen molar-refractivity contribution in [1.82, 2.24) is 0 Å². The SMILES string of the molecule is C1=CC2=C(C=CC1)C1(c3ccccc32)c2ccccc2-c2ccc(N(c3ccccc3)c3cccc4ccc5ccccc5c34)cc21. The van der Waals surface area contributed by atoms with Crippen LogP contribution in [0.3, 0.4) is 0 Å². The van der Waals surface area contributed by atoms with Gasteiger partial charge in [0.15, 0.2) is 0 Å². The van der Waals surface area contributed by atoms with E-state index in [1.165, 1.54) is 71.8 Å². The van der Waals surface area contributed by atoms with Gasteiger partial charge in [-0.05, 0) is 97.4 Å². The lowest BCUT2D eigenvalue weighted by Gasteiger charge is -2.33. The molecule has 0 saturated carbocycles. The number of hydrogen-bond donors (Lipinski definition) is 0. The first-order valence-electron chi connectivity index (χ1n) is 16.5. The van der Waals surface area contributed by atoms with Crippen molar-refractivity contribution in [3.63, 3.8) is 0 Å². The minimum Gasteiger partial charge on any atom is -0.310 e. The van der Waals surface area contributed by atoms with Crippen LogP contribution in [0.1, 0.15) is 28.7 Å². The zero-order chi connectivity index (χ0) is 31.0. The standard InChI is InChI=1S/C46H31N/c1-3-16-33(17-4-1)47(44-25-13-15-32-27-26-31-14-7-8-18-35(31)45(32)44)34-28-29-39-38-21-10-12-24-42(38)46(43(39)30-34)40-22-6-2-5-19-36(40)37-20-9-11-23-41(37)46/h1,3-30H,2H2. The Kier molecular flexibility index (Phi) is 5.62. The molecule has 3 aliphatic carbocycles. The van der Waals surface area contributed by atoms with Gasteiger partial charge in [0.1, 0.15) is 0 Å². The first kappa shape index (κ1) is 26.3. The van der Waals surface area contributed by atoms with E-state index in [-0.39, 0.29) is 0 Å². The fraction of sp³-hybridized carbons (Fsp3) is 0.0435. The highest BCUT2D eigenvalue weighted by atomic mass is 15.1. The largest absolute Gasteiger partial charge is 0.310 e. The average molecular weight is 598 g/mol. The van der Waals surface area contributed by atoms with E-state index in [1.807, 2.05) is 0 Å². The van der Waals surface area contributed by atoms with Crippen LogP contribution in [0.4, 0.5) is 17.1 Å². The second-order valence-electron chi connectivity index (χ2n) is 12.8. The van der Waals surface area contributed by atoms with Crippen molar-refractivity contribution in [2.75, 3.05) is 4.90 Å². The first-order chi connectivity index (χ1) is 23.3. The Morgan fingerprint density at radius 1 is 0.468 bits per heavy atom. The van der Waals surface area contributed by atoms with Crippen molar-refractivity contribution in [1.29, 1.82) is 0 Å². The van der Waals surface area contributed by atoms with E-state index in [0.717, 1.165) is 17.8 Å². The van der Waals surface area contributed by atoms with Crippen molar-refractivity contribution in [3.05, 3.63) is 204 Å². The number of nitrogens with zero attached hydrogens (tertiary/aromatic N) is 1. The molecule has 220 valence electrons. The van der Waals surface area contributed by atoms with Crippen molar-refractivity contribution in [3.8, 4) is 11.1 Å². The highest BCUT2D eigenvalue weighted by Gasteiger charge is 2.52. The number of rotatable bonds is 3. The molecule has 0 saturated heterocycles. The van der Waals surface area contributed by atoms with E-state index in [2.05, 4.69) is 181 Å². The molecule has 47 heavy (non-hydrogen) atoms. The van der Waals surface area contributed by atoms with Crippen molar-refractivity contribution < 1.29 is 0 Å². The Bertz CT molecular complexity index is 2500. The second kappa shape index (κ2) is 10.0. The number of allylic oxidation sites excluding steroid dienone is 6. The molecule has 1 atom stereocenters. The van der Waals surface area contributed by atoms with Crippen LogP contribution in [-0.4, -0.2) is 0 Å². The van der Waals surface area contributed by atoms with Gasteiger partial charge < -0.3 is 4.90 Å². The summed E-state index contributed by atoms with van der Waals surface area (Å²) in [7, 11) is 0. The summed E-state index contributed by atoms with van der Waals surface area (Å²) in [4.78, 5) is 2.46. The molecule has 0 bridgehead atoms. The summed E-state index contributed by atoms with van der Waals surface area (Å²) in [6.45, 7) is 0. The molecule has 0 aromatic heterocycles. The van der Waals surface area contributed by atoms with E-state index < -0.39 is 5.41 Å². The van der Waals surface area contributed by atoms with E-state index in [1.54, 1.807) is 0 Å². The van der Waals surface area contributed by atoms with Gasteiger partial charge in [-0.25, -0.2) is 0 Å². The molecule has 0 radical (unpaired) electrons. The van der Waals surface area contributed by atoms with Gasteiger partial charge in [-0.15, -0.1) is 0 Å². The third kappa shape index (κ3) is 3.60. The van der Waals surface area contributed by atoms with Gasteiger partial charge >= 0.3 is 0 Å². The van der Waals surface area contributed by atoms with Crippen LogP contribution >= 0.6 is 0 Å². The smallest absolute Gasteiger partial charge is 0.0726 e. The Hall–Kier alpha value is -5.92. The van der Waals surface area contributed by atoms with Crippen LogP contribution in [0.25, 0.3) is 38.2 Å². The normalized spacial score (nSPS) is 17.1. The molecular weight excluding hydrogens is 567 g/mol. The molecule has 10 rings (SSSR count). The van der Waals surface area contributed by atoms with E-state index in [4.69, 9.17) is 0 Å². The maximum atomic E-state index is 2.49. The molecule has 1 spiro atoms.